The lowest BCUT2D eigenvalue weighted by Gasteiger charge is -2.19. The van der Waals surface area contributed by atoms with E-state index in [4.69, 9.17) is 29.0 Å². The smallest absolute Gasteiger partial charge is 0.0725 e. The molecular formula is C13H11BrCl2N2. The van der Waals surface area contributed by atoms with E-state index < -0.39 is 0 Å². The molecule has 0 saturated carbocycles. The summed E-state index contributed by atoms with van der Waals surface area (Å²) in [6, 6.07) is 13.1. The zero-order chi connectivity index (χ0) is 13.1. The quantitative estimate of drug-likeness (QED) is 0.642. The fourth-order valence-electron chi connectivity index (χ4n) is 1.80. The SMILES string of the molecule is NNC(c1cccc(Cl)c1)c1cccc(Br)c1Cl. The van der Waals surface area contributed by atoms with E-state index >= 15 is 0 Å². The summed E-state index contributed by atoms with van der Waals surface area (Å²) >= 11 is 15.7. The highest BCUT2D eigenvalue weighted by Crippen LogP contribution is 2.33. The van der Waals surface area contributed by atoms with E-state index in [0.29, 0.717) is 10.0 Å². The van der Waals surface area contributed by atoms with Crippen LogP contribution in [0.25, 0.3) is 0 Å². The van der Waals surface area contributed by atoms with Gasteiger partial charge < -0.3 is 0 Å². The second-order valence-corrected chi connectivity index (χ2v) is 5.47. The lowest BCUT2D eigenvalue weighted by atomic mass is 9.99. The molecule has 0 amide bonds. The third-order valence-corrected chi connectivity index (χ3v) is 4.19. The minimum absolute atomic E-state index is 0.200. The van der Waals surface area contributed by atoms with Crippen LogP contribution in [0.5, 0.6) is 0 Å². The van der Waals surface area contributed by atoms with Crippen molar-refractivity contribution in [3.05, 3.63) is 68.1 Å². The van der Waals surface area contributed by atoms with Crippen LogP contribution in [0.1, 0.15) is 17.2 Å². The molecule has 5 heteroatoms. The highest BCUT2D eigenvalue weighted by molar-refractivity contribution is 9.10. The summed E-state index contributed by atoms with van der Waals surface area (Å²) in [4.78, 5) is 0. The van der Waals surface area contributed by atoms with E-state index in [-0.39, 0.29) is 6.04 Å². The number of rotatable bonds is 3. The molecule has 0 aliphatic carbocycles. The Morgan fingerprint density at radius 2 is 1.83 bits per heavy atom. The Morgan fingerprint density at radius 1 is 1.11 bits per heavy atom. The van der Waals surface area contributed by atoms with Gasteiger partial charge in [-0.15, -0.1) is 0 Å². The maximum absolute atomic E-state index is 6.28. The first-order valence-corrected chi connectivity index (χ1v) is 6.84. The largest absolute Gasteiger partial charge is 0.271 e. The molecule has 1 atom stereocenters. The Bertz CT molecular complexity index is 560. The average Bonchev–Trinajstić information content (AvgIpc) is 2.35. The third kappa shape index (κ3) is 2.87. The van der Waals surface area contributed by atoms with E-state index in [1.807, 2.05) is 42.5 Å². The summed E-state index contributed by atoms with van der Waals surface area (Å²) < 4.78 is 0.837. The molecule has 2 nitrogen and oxygen atoms in total. The van der Waals surface area contributed by atoms with Crippen LogP contribution in [-0.2, 0) is 0 Å². The Kier molecular flexibility index (Phi) is 4.65. The van der Waals surface area contributed by atoms with Crippen LogP contribution in [0.15, 0.2) is 46.9 Å². The standard InChI is InChI=1S/C13H11BrCl2N2/c14-11-6-2-5-10(12(11)16)13(18-17)8-3-1-4-9(15)7-8/h1-7,13,18H,17H2. The summed E-state index contributed by atoms with van der Waals surface area (Å²) in [5, 5.41) is 1.30. The number of nitrogens with one attached hydrogen (secondary N) is 1. The Hall–Kier alpha value is -0.580. The number of hydrogen-bond donors (Lipinski definition) is 2. The van der Waals surface area contributed by atoms with Gasteiger partial charge in [0.15, 0.2) is 0 Å². The van der Waals surface area contributed by atoms with E-state index in [1.165, 1.54) is 0 Å². The highest BCUT2D eigenvalue weighted by atomic mass is 79.9. The first-order chi connectivity index (χ1) is 8.63. The van der Waals surface area contributed by atoms with Crippen LogP contribution in [0.4, 0.5) is 0 Å². The van der Waals surface area contributed by atoms with Crippen molar-refractivity contribution in [1.29, 1.82) is 0 Å². The van der Waals surface area contributed by atoms with Gasteiger partial charge in [-0.05, 0) is 45.3 Å². The molecule has 18 heavy (non-hydrogen) atoms. The van der Waals surface area contributed by atoms with Crippen molar-refractivity contribution in [1.82, 2.24) is 5.43 Å². The van der Waals surface area contributed by atoms with Crippen LogP contribution in [0.3, 0.4) is 0 Å². The maximum Gasteiger partial charge on any atom is 0.0725 e. The van der Waals surface area contributed by atoms with Crippen molar-refractivity contribution < 1.29 is 0 Å². The van der Waals surface area contributed by atoms with Crippen molar-refractivity contribution in [2.24, 2.45) is 5.84 Å². The van der Waals surface area contributed by atoms with Gasteiger partial charge in [-0.3, -0.25) is 5.84 Å². The van der Waals surface area contributed by atoms with Crippen molar-refractivity contribution in [3.8, 4) is 0 Å². The molecule has 94 valence electrons. The summed E-state index contributed by atoms with van der Waals surface area (Å²) in [5.74, 6) is 5.64. The van der Waals surface area contributed by atoms with Crippen LogP contribution in [0, 0.1) is 0 Å². The lowest BCUT2D eigenvalue weighted by molar-refractivity contribution is 0.637. The molecular weight excluding hydrogens is 335 g/mol. The molecule has 0 aliphatic rings. The second-order valence-electron chi connectivity index (χ2n) is 3.80. The van der Waals surface area contributed by atoms with Crippen molar-refractivity contribution in [2.75, 3.05) is 0 Å². The van der Waals surface area contributed by atoms with Crippen LogP contribution >= 0.6 is 39.1 Å². The number of hydrogen-bond acceptors (Lipinski definition) is 2. The topological polar surface area (TPSA) is 38.0 Å². The monoisotopic (exact) mass is 344 g/mol. The molecule has 1 unspecified atom stereocenters. The average molecular weight is 346 g/mol. The van der Waals surface area contributed by atoms with Crippen molar-refractivity contribution in [3.63, 3.8) is 0 Å². The molecule has 0 radical (unpaired) electrons. The van der Waals surface area contributed by atoms with Gasteiger partial charge in [0.25, 0.3) is 0 Å². The van der Waals surface area contributed by atoms with Gasteiger partial charge in [0.2, 0.25) is 0 Å². The second kappa shape index (κ2) is 6.04. The Morgan fingerprint density at radius 3 is 2.50 bits per heavy atom. The first kappa shape index (κ1) is 13.8. The number of hydrazine groups is 1. The summed E-state index contributed by atoms with van der Waals surface area (Å²) in [6.45, 7) is 0. The van der Waals surface area contributed by atoms with E-state index in [9.17, 15) is 0 Å². The van der Waals surface area contributed by atoms with Gasteiger partial charge in [-0.2, -0.15) is 0 Å². The molecule has 0 fully saturated rings. The van der Waals surface area contributed by atoms with Crippen LogP contribution in [-0.4, -0.2) is 0 Å². The van der Waals surface area contributed by atoms with E-state index in [1.54, 1.807) is 0 Å². The molecule has 3 N–H and O–H groups in total. The summed E-state index contributed by atoms with van der Waals surface area (Å²) in [5.41, 5.74) is 4.63. The van der Waals surface area contributed by atoms with Gasteiger partial charge in [-0.25, -0.2) is 5.43 Å². The molecule has 2 rings (SSSR count). The lowest BCUT2D eigenvalue weighted by Crippen LogP contribution is -2.29. The van der Waals surface area contributed by atoms with Gasteiger partial charge >= 0.3 is 0 Å². The van der Waals surface area contributed by atoms with Crippen molar-refractivity contribution >= 4 is 39.1 Å². The minimum atomic E-state index is -0.200. The van der Waals surface area contributed by atoms with E-state index in [0.717, 1.165) is 15.6 Å². The first-order valence-electron chi connectivity index (χ1n) is 5.29. The zero-order valence-corrected chi connectivity index (χ0v) is 12.4. The van der Waals surface area contributed by atoms with Crippen LogP contribution in [0.2, 0.25) is 10.0 Å². The number of benzene rings is 2. The minimum Gasteiger partial charge on any atom is -0.271 e. The fraction of sp³-hybridized carbons (Fsp3) is 0.0769. The molecule has 0 aliphatic heterocycles. The van der Waals surface area contributed by atoms with E-state index in [2.05, 4.69) is 21.4 Å². The number of halogens is 3. The Labute approximate surface area is 124 Å². The van der Waals surface area contributed by atoms with Gasteiger partial charge in [0.1, 0.15) is 0 Å². The predicted molar refractivity (Wildman–Crippen MR) is 79.8 cm³/mol. The normalized spacial score (nSPS) is 12.4. The highest BCUT2D eigenvalue weighted by Gasteiger charge is 2.17. The molecule has 0 aromatic heterocycles. The van der Waals surface area contributed by atoms with Crippen molar-refractivity contribution in [2.45, 2.75) is 6.04 Å². The summed E-state index contributed by atoms with van der Waals surface area (Å²) in [6.07, 6.45) is 0. The number of nitrogens with two attached hydrogens (primary N) is 1. The molecule has 0 heterocycles. The molecule has 2 aromatic carbocycles. The third-order valence-electron chi connectivity index (χ3n) is 2.64. The fourth-order valence-corrected chi connectivity index (χ4v) is 2.61. The molecule has 2 aromatic rings. The van der Waals surface area contributed by atoms with Gasteiger partial charge in [0, 0.05) is 9.50 Å². The van der Waals surface area contributed by atoms with Gasteiger partial charge in [0.05, 0.1) is 11.1 Å². The molecule has 0 saturated heterocycles. The zero-order valence-electron chi connectivity index (χ0n) is 9.33. The molecule has 0 bridgehead atoms. The van der Waals surface area contributed by atoms with Crippen LogP contribution < -0.4 is 11.3 Å². The molecule has 0 spiro atoms. The summed E-state index contributed by atoms with van der Waals surface area (Å²) in [7, 11) is 0. The van der Waals surface area contributed by atoms with Gasteiger partial charge in [-0.1, -0.05) is 47.5 Å². The predicted octanol–water partition coefficient (Wildman–Crippen LogP) is 4.31. The maximum atomic E-state index is 6.28. The Balaban J connectivity index is 2.49.